The third-order valence-corrected chi connectivity index (χ3v) is 5.17. The van der Waals surface area contributed by atoms with Gasteiger partial charge in [0.05, 0.1) is 21.8 Å². The van der Waals surface area contributed by atoms with E-state index < -0.39 is 18.5 Å². The number of nitrogens with zero attached hydrogens (tertiary/aromatic N) is 2. The molecule has 1 amide bonds. The first kappa shape index (κ1) is 19.5. The van der Waals surface area contributed by atoms with Crippen molar-refractivity contribution in [2.45, 2.75) is 13.5 Å². The number of hydrogen-bond donors (Lipinski definition) is 1. The van der Waals surface area contributed by atoms with Gasteiger partial charge in [0.25, 0.3) is 5.91 Å². The van der Waals surface area contributed by atoms with Gasteiger partial charge in [-0.2, -0.15) is 5.26 Å². The summed E-state index contributed by atoms with van der Waals surface area (Å²) in [4.78, 5) is 28.3. The van der Waals surface area contributed by atoms with E-state index in [9.17, 15) is 9.59 Å². The molecule has 0 atom stereocenters. The van der Waals surface area contributed by atoms with E-state index in [1.165, 1.54) is 11.3 Å². The Bertz CT molecular complexity index is 1020. The molecule has 0 radical (unpaired) electrons. The van der Waals surface area contributed by atoms with Crippen LogP contribution in [0.3, 0.4) is 0 Å². The number of benzene rings is 1. The van der Waals surface area contributed by atoms with Gasteiger partial charge in [0, 0.05) is 5.38 Å². The average Bonchev–Trinajstić information content (AvgIpc) is 3.33. The Morgan fingerprint density at radius 1 is 1.21 bits per heavy atom. The monoisotopic (exact) mass is 413 g/mol. The lowest BCUT2D eigenvalue weighted by Gasteiger charge is -2.07. The minimum atomic E-state index is -0.622. The highest BCUT2D eigenvalue weighted by molar-refractivity contribution is 7.14. The van der Waals surface area contributed by atoms with E-state index in [1.54, 1.807) is 47.0 Å². The molecule has 0 aliphatic heterocycles. The van der Waals surface area contributed by atoms with Crippen molar-refractivity contribution >= 4 is 39.6 Å². The molecule has 0 bridgehead atoms. The number of rotatable bonds is 7. The van der Waals surface area contributed by atoms with Crippen LogP contribution in [0.1, 0.15) is 26.6 Å². The number of hydrogen-bond acceptors (Lipinski definition) is 8. The Hall–Kier alpha value is -3.22. The van der Waals surface area contributed by atoms with Crippen molar-refractivity contribution in [3.8, 4) is 11.8 Å². The number of anilines is 1. The van der Waals surface area contributed by atoms with Crippen molar-refractivity contribution in [2.75, 3.05) is 11.9 Å². The molecule has 1 N–H and O–H groups in total. The fraction of sp³-hybridized carbons (Fsp3) is 0.158. The van der Waals surface area contributed by atoms with Gasteiger partial charge in [-0.25, -0.2) is 9.78 Å². The number of thiophene rings is 1. The summed E-state index contributed by atoms with van der Waals surface area (Å²) >= 11 is 2.78. The van der Waals surface area contributed by atoms with Crippen LogP contribution in [0.5, 0.6) is 5.75 Å². The van der Waals surface area contributed by atoms with Crippen molar-refractivity contribution < 1.29 is 19.1 Å². The number of nitriles is 1. The Kier molecular flexibility index (Phi) is 6.37. The third kappa shape index (κ3) is 5.16. The topological polar surface area (TPSA) is 101 Å². The molecule has 0 unspecified atom stereocenters. The lowest BCUT2D eigenvalue weighted by Crippen LogP contribution is -2.20. The first-order chi connectivity index (χ1) is 13.5. The summed E-state index contributed by atoms with van der Waals surface area (Å²) in [5.74, 6) is -0.531. The largest absolute Gasteiger partial charge is 0.487 e. The van der Waals surface area contributed by atoms with E-state index in [0.29, 0.717) is 28.5 Å². The molecule has 0 aliphatic rings. The molecular weight excluding hydrogens is 398 g/mol. The fourth-order valence-corrected chi connectivity index (χ4v) is 3.54. The summed E-state index contributed by atoms with van der Waals surface area (Å²) in [6.45, 7) is 1.84. The quantitative estimate of drug-likeness (QED) is 0.592. The molecule has 2 aromatic heterocycles. The maximum absolute atomic E-state index is 12.1. The Balaban J connectivity index is 1.47. The SMILES string of the molecule is Cc1nc(COc2ccc(C(=O)OCC(=O)Nc3sccc3C#N)cc2)cs1. The Labute approximate surface area is 169 Å². The number of carbonyl (C=O) groups excluding carboxylic acids is 2. The number of carbonyl (C=O) groups is 2. The van der Waals surface area contributed by atoms with Crippen LogP contribution in [0.2, 0.25) is 0 Å². The van der Waals surface area contributed by atoms with Crippen LogP contribution in [0.25, 0.3) is 0 Å². The highest BCUT2D eigenvalue weighted by Crippen LogP contribution is 2.22. The number of aromatic nitrogens is 1. The number of thiazole rings is 1. The molecule has 1 aromatic carbocycles. The van der Waals surface area contributed by atoms with Crippen LogP contribution < -0.4 is 10.1 Å². The zero-order valence-electron chi connectivity index (χ0n) is 14.8. The van der Waals surface area contributed by atoms with Crippen LogP contribution in [0, 0.1) is 18.3 Å². The minimum absolute atomic E-state index is 0.304. The van der Waals surface area contributed by atoms with E-state index in [1.807, 2.05) is 18.4 Å². The van der Waals surface area contributed by atoms with E-state index in [-0.39, 0.29) is 0 Å². The first-order valence-corrected chi connectivity index (χ1v) is 9.89. The molecule has 142 valence electrons. The summed E-state index contributed by atoms with van der Waals surface area (Å²) in [7, 11) is 0. The van der Waals surface area contributed by atoms with Crippen molar-refractivity contribution in [3.63, 3.8) is 0 Å². The van der Waals surface area contributed by atoms with Gasteiger partial charge in [-0.15, -0.1) is 22.7 Å². The second kappa shape index (κ2) is 9.12. The van der Waals surface area contributed by atoms with Crippen molar-refractivity contribution in [3.05, 3.63) is 62.9 Å². The molecule has 7 nitrogen and oxygen atoms in total. The van der Waals surface area contributed by atoms with Crippen molar-refractivity contribution in [1.29, 1.82) is 5.26 Å². The molecule has 28 heavy (non-hydrogen) atoms. The average molecular weight is 413 g/mol. The zero-order valence-corrected chi connectivity index (χ0v) is 16.4. The summed E-state index contributed by atoms with van der Waals surface area (Å²) < 4.78 is 10.6. The summed E-state index contributed by atoms with van der Waals surface area (Å²) in [5, 5.41) is 16.5. The van der Waals surface area contributed by atoms with E-state index >= 15 is 0 Å². The number of amides is 1. The molecule has 0 saturated heterocycles. The normalized spacial score (nSPS) is 10.1. The highest BCUT2D eigenvalue weighted by atomic mass is 32.1. The molecule has 3 rings (SSSR count). The van der Waals surface area contributed by atoms with Gasteiger partial charge in [0.2, 0.25) is 0 Å². The Morgan fingerprint density at radius 3 is 2.68 bits per heavy atom. The smallest absolute Gasteiger partial charge is 0.338 e. The summed E-state index contributed by atoms with van der Waals surface area (Å²) in [5.41, 5.74) is 1.52. The first-order valence-electron chi connectivity index (χ1n) is 8.13. The zero-order chi connectivity index (χ0) is 19.9. The Morgan fingerprint density at radius 2 is 2.00 bits per heavy atom. The van der Waals surface area contributed by atoms with E-state index in [2.05, 4.69) is 10.3 Å². The van der Waals surface area contributed by atoms with Crippen LogP contribution in [0.15, 0.2) is 41.1 Å². The molecule has 0 aliphatic carbocycles. The van der Waals surface area contributed by atoms with Gasteiger partial charge in [0.15, 0.2) is 6.61 Å². The summed E-state index contributed by atoms with van der Waals surface area (Å²) in [6.07, 6.45) is 0. The second-order valence-corrected chi connectivity index (χ2v) is 7.55. The predicted molar refractivity (Wildman–Crippen MR) is 106 cm³/mol. The maximum Gasteiger partial charge on any atom is 0.338 e. The highest BCUT2D eigenvalue weighted by Gasteiger charge is 2.13. The molecule has 0 saturated carbocycles. The summed E-state index contributed by atoms with van der Waals surface area (Å²) in [6, 6.07) is 10.0. The lowest BCUT2D eigenvalue weighted by atomic mass is 10.2. The minimum Gasteiger partial charge on any atom is -0.487 e. The number of ether oxygens (including phenoxy) is 2. The van der Waals surface area contributed by atoms with Gasteiger partial charge in [-0.1, -0.05) is 0 Å². The van der Waals surface area contributed by atoms with Crippen molar-refractivity contribution in [2.24, 2.45) is 0 Å². The molecule has 2 heterocycles. The van der Waals surface area contributed by atoms with Crippen molar-refractivity contribution in [1.82, 2.24) is 4.98 Å². The van der Waals surface area contributed by atoms with Gasteiger partial charge in [0.1, 0.15) is 23.4 Å². The standard InChI is InChI=1S/C19H15N3O4S2/c1-12-21-15(11-28-12)9-25-16-4-2-13(3-5-16)19(24)26-10-17(23)22-18-14(8-20)6-7-27-18/h2-7,11H,9-10H2,1H3,(H,22,23). The predicted octanol–water partition coefficient (Wildman–Crippen LogP) is 3.76. The van der Waals surface area contributed by atoms with Gasteiger partial charge in [-0.05, 0) is 42.6 Å². The molecular formula is C19H15N3O4S2. The van der Waals surface area contributed by atoms with E-state index in [4.69, 9.17) is 14.7 Å². The third-order valence-electron chi connectivity index (χ3n) is 3.52. The van der Waals surface area contributed by atoms with Crippen LogP contribution in [-0.4, -0.2) is 23.5 Å². The molecule has 0 spiro atoms. The second-order valence-electron chi connectivity index (χ2n) is 5.57. The van der Waals surface area contributed by atoms with Gasteiger partial charge < -0.3 is 14.8 Å². The number of esters is 1. The van der Waals surface area contributed by atoms with Crippen LogP contribution >= 0.6 is 22.7 Å². The van der Waals surface area contributed by atoms with E-state index in [0.717, 1.165) is 10.7 Å². The molecule has 0 fully saturated rings. The fourth-order valence-electron chi connectivity index (χ4n) is 2.19. The van der Waals surface area contributed by atoms with Gasteiger partial charge in [-0.3, -0.25) is 4.79 Å². The molecule has 9 heteroatoms. The lowest BCUT2D eigenvalue weighted by molar-refractivity contribution is -0.119. The number of aryl methyl sites for hydroxylation is 1. The maximum atomic E-state index is 12.1. The number of nitrogens with one attached hydrogen (secondary N) is 1. The molecule has 3 aromatic rings. The van der Waals surface area contributed by atoms with Crippen LogP contribution in [0.4, 0.5) is 5.00 Å². The van der Waals surface area contributed by atoms with Gasteiger partial charge >= 0.3 is 5.97 Å². The van der Waals surface area contributed by atoms with Crippen LogP contribution in [-0.2, 0) is 16.1 Å².